The van der Waals surface area contributed by atoms with Gasteiger partial charge in [-0.2, -0.15) is 4.98 Å². The monoisotopic (exact) mass is 211 g/mol. The van der Waals surface area contributed by atoms with Gasteiger partial charge in [0.25, 0.3) is 5.91 Å². The number of nitrogen functional groups attached to an aromatic ring is 1. The number of hydrogen-bond donors (Lipinski definition) is 3. The van der Waals surface area contributed by atoms with Crippen molar-refractivity contribution >= 4 is 11.9 Å². The van der Waals surface area contributed by atoms with Crippen molar-refractivity contribution in [2.45, 2.75) is 18.9 Å². The molecule has 0 unspecified atom stereocenters. The van der Waals surface area contributed by atoms with Crippen LogP contribution in [0.3, 0.4) is 0 Å². The summed E-state index contributed by atoms with van der Waals surface area (Å²) in [6.07, 6.45) is 1.96. The molecule has 0 bridgehead atoms. The first-order chi connectivity index (χ1) is 7.22. The van der Waals surface area contributed by atoms with E-state index in [0.29, 0.717) is 6.54 Å². The standard InChI is InChI=1S/C8H13N5O2/c9-8-10-6(11-12-8)7(15)13(3-4-14)5-1-2-5/h5,14H,1-4H2,(H3,9,10,11,12). The zero-order valence-electron chi connectivity index (χ0n) is 8.18. The third-order valence-corrected chi connectivity index (χ3v) is 2.29. The number of aromatic nitrogens is 3. The van der Waals surface area contributed by atoms with Crippen molar-refractivity contribution in [2.24, 2.45) is 0 Å². The zero-order valence-corrected chi connectivity index (χ0v) is 8.18. The highest BCUT2D eigenvalue weighted by Gasteiger charge is 2.33. The molecule has 7 nitrogen and oxygen atoms in total. The molecular formula is C8H13N5O2. The summed E-state index contributed by atoms with van der Waals surface area (Å²) in [6, 6.07) is 0.232. The number of nitrogens with one attached hydrogen (secondary N) is 1. The average Bonchev–Trinajstić information content (AvgIpc) is 2.96. The number of aliphatic hydroxyl groups is 1. The number of rotatable bonds is 4. The van der Waals surface area contributed by atoms with Gasteiger partial charge >= 0.3 is 0 Å². The predicted octanol–water partition coefficient (Wildman–Crippen LogP) is -1.02. The summed E-state index contributed by atoms with van der Waals surface area (Å²) in [7, 11) is 0. The van der Waals surface area contributed by atoms with Crippen LogP contribution >= 0.6 is 0 Å². The number of aromatic amines is 1. The summed E-state index contributed by atoms with van der Waals surface area (Å²) < 4.78 is 0. The molecule has 1 heterocycles. The van der Waals surface area contributed by atoms with Crippen LogP contribution in [0.15, 0.2) is 0 Å². The lowest BCUT2D eigenvalue weighted by Gasteiger charge is -2.19. The molecule has 7 heteroatoms. The Morgan fingerprint density at radius 1 is 1.67 bits per heavy atom. The van der Waals surface area contributed by atoms with Crippen molar-refractivity contribution in [1.82, 2.24) is 20.1 Å². The Kier molecular flexibility index (Phi) is 2.55. The van der Waals surface area contributed by atoms with Crippen molar-refractivity contribution in [3.63, 3.8) is 0 Å². The van der Waals surface area contributed by atoms with Gasteiger partial charge < -0.3 is 15.7 Å². The molecule has 1 aromatic rings. The number of nitrogens with two attached hydrogens (primary N) is 1. The van der Waals surface area contributed by atoms with Gasteiger partial charge in [0.1, 0.15) is 0 Å². The van der Waals surface area contributed by atoms with Gasteiger partial charge in [-0.05, 0) is 12.8 Å². The topological polar surface area (TPSA) is 108 Å². The van der Waals surface area contributed by atoms with Gasteiger partial charge in [-0.1, -0.05) is 0 Å². The summed E-state index contributed by atoms with van der Waals surface area (Å²) in [4.78, 5) is 17.2. The molecule has 1 aliphatic carbocycles. The van der Waals surface area contributed by atoms with Crippen molar-refractivity contribution in [3.8, 4) is 0 Å². The van der Waals surface area contributed by atoms with Gasteiger partial charge in [0.2, 0.25) is 11.8 Å². The summed E-state index contributed by atoms with van der Waals surface area (Å²) in [5.41, 5.74) is 5.31. The highest BCUT2D eigenvalue weighted by atomic mass is 16.3. The molecule has 15 heavy (non-hydrogen) atoms. The third kappa shape index (κ3) is 2.07. The Morgan fingerprint density at radius 3 is 2.87 bits per heavy atom. The molecule has 1 aliphatic rings. The lowest BCUT2D eigenvalue weighted by molar-refractivity contribution is 0.0696. The second kappa shape index (κ2) is 3.85. The summed E-state index contributed by atoms with van der Waals surface area (Å²) >= 11 is 0. The van der Waals surface area contributed by atoms with Crippen LogP contribution in [-0.2, 0) is 0 Å². The minimum absolute atomic E-state index is 0.0497. The van der Waals surface area contributed by atoms with Gasteiger partial charge in [0.15, 0.2) is 0 Å². The highest BCUT2D eigenvalue weighted by Crippen LogP contribution is 2.27. The SMILES string of the molecule is Nc1n[nH]c(C(=O)N(CCO)C2CC2)n1. The molecule has 1 aromatic heterocycles. The van der Waals surface area contributed by atoms with E-state index in [1.807, 2.05) is 0 Å². The Bertz CT molecular complexity index is 360. The van der Waals surface area contributed by atoms with Gasteiger partial charge in [0.05, 0.1) is 6.61 Å². The molecule has 1 saturated carbocycles. The summed E-state index contributed by atoms with van der Waals surface area (Å²) in [6.45, 7) is 0.274. The van der Waals surface area contributed by atoms with Gasteiger partial charge in [0, 0.05) is 12.6 Å². The maximum Gasteiger partial charge on any atom is 0.291 e. The second-order valence-corrected chi connectivity index (χ2v) is 3.50. The maximum absolute atomic E-state index is 11.9. The number of nitrogens with zero attached hydrogens (tertiary/aromatic N) is 3. The molecule has 0 atom stereocenters. The Hall–Kier alpha value is -1.63. The molecule has 0 spiro atoms. The molecular weight excluding hydrogens is 198 g/mol. The van der Waals surface area contributed by atoms with Gasteiger partial charge in [-0.25, -0.2) is 0 Å². The molecule has 1 fully saturated rings. The van der Waals surface area contributed by atoms with Crippen molar-refractivity contribution in [2.75, 3.05) is 18.9 Å². The number of aliphatic hydroxyl groups excluding tert-OH is 1. The quantitative estimate of drug-likeness (QED) is 0.591. The number of carbonyl (C=O) groups excluding carboxylic acids is 1. The lowest BCUT2D eigenvalue weighted by atomic mass is 10.4. The van der Waals surface area contributed by atoms with E-state index in [0.717, 1.165) is 12.8 Å². The largest absolute Gasteiger partial charge is 0.395 e. The van der Waals surface area contributed by atoms with Crippen LogP contribution in [-0.4, -0.2) is 50.3 Å². The molecule has 2 rings (SSSR count). The first-order valence-electron chi connectivity index (χ1n) is 4.82. The van der Waals surface area contributed by atoms with Crippen molar-refractivity contribution in [3.05, 3.63) is 5.82 Å². The number of amides is 1. The highest BCUT2D eigenvalue weighted by molar-refractivity contribution is 5.91. The Morgan fingerprint density at radius 2 is 2.40 bits per heavy atom. The molecule has 0 saturated heterocycles. The van der Waals surface area contributed by atoms with Crippen LogP contribution < -0.4 is 5.73 Å². The van der Waals surface area contributed by atoms with Crippen LogP contribution in [0.2, 0.25) is 0 Å². The first-order valence-corrected chi connectivity index (χ1v) is 4.82. The Labute approximate surface area is 86.3 Å². The number of H-pyrrole nitrogens is 1. The fourth-order valence-corrected chi connectivity index (χ4v) is 1.45. The minimum atomic E-state index is -0.254. The van der Waals surface area contributed by atoms with E-state index in [2.05, 4.69) is 15.2 Å². The van der Waals surface area contributed by atoms with E-state index in [-0.39, 0.29) is 30.3 Å². The molecule has 82 valence electrons. The Balaban J connectivity index is 2.10. The molecule has 1 amide bonds. The molecule has 0 aliphatic heterocycles. The van der Waals surface area contributed by atoms with E-state index >= 15 is 0 Å². The van der Waals surface area contributed by atoms with E-state index in [4.69, 9.17) is 10.8 Å². The number of anilines is 1. The molecule has 0 aromatic carbocycles. The average molecular weight is 211 g/mol. The third-order valence-electron chi connectivity index (χ3n) is 2.29. The fraction of sp³-hybridized carbons (Fsp3) is 0.625. The first kappa shape index (κ1) is 9.91. The van der Waals surface area contributed by atoms with Crippen molar-refractivity contribution in [1.29, 1.82) is 0 Å². The lowest BCUT2D eigenvalue weighted by Crippen LogP contribution is -2.36. The van der Waals surface area contributed by atoms with E-state index in [9.17, 15) is 4.79 Å². The minimum Gasteiger partial charge on any atom is -0.395 e. The molecule has 4 N–H and O–H groups in total. The maximum atomic E-state index is 11.9. The van der Waals surface area contributed by atoms with E-state index in [1.165, 1.54) is 0 Å². The van der Waals surface area contributed by atoms with Crippen LogP contribution in [0.5, 0.6) is 0 Å². The van der Waals surface area contributed by atoms with Crippen LogP contribution in [0.1, 0.15) is 23.5 Å². The molecule has 0 radical (unpaired) electrons. The van der Waals surface area contributed by atoms with Gasteiger partial charge in [-0.3, -0.25) is 9.89 Å². The van der Waals surface area contributed by atoms with Crippen molar-refractivity contribution < 1.29 is 9.90 Å². The summed E-state index contributed by atoms with van der Waals surface area (Å²) in [5, 5.41) is 14.9. The van der Waals surface area contributed by atoms with Gasteiger partial charge in [-0.15, -0.1) is 5.10 Å². The number of hydrogen-bond acceptors (Lipinski definition) is 5. The summed E-state index contributed by atoms with van der Waals surface area (Å²) in [5.74, 6) is -0.0679. The smallest absolute Gasteiger partial charge is 0.291 e. The van der Waals surface area contributed by atoms with Crippen LogP contribution in [0, 0.1) is 0 Å². The zero-order chi connectivity index (χ0) is 10.8. The van der Waals surface area contributed by atoms with E-state index < -0.39 is 0 Å². The van der Waals surface area contributed by atoms with Crippen LogP contribution in [0.25, 0.3) is 0 Å². The predicted molar refractivity (Wildman–Crippen MR) is 51.9 cm³/mol. The number of carbonyl (C=O) groups is 1. The van der Waals surface area contributed by atoms with Crippen LogP contribution in [0.4, 0.5) is 5.95 Å². The fourth-order valence-electron chi connectivity index (χ4n) is 1.45. The normalized spacial score (nSPS) is 15.3. The van der Waals surface area contributed by atoms with E-state index in [1.54, 1.807) is 4.90 Å². The second-order valence-electron chi connectivity index (χ2n) is 3.50.